The highest BCUT2D eigenvalue weighted by atomic mass is 33.1. The Balaban J connectivity index is 2.75. The van der Waals surface area contributed by atoms with Crippen LogP contribution in [0.25, 0.3) is 0 Å². The first-order valence-electron chi connectivity index (χ1n) is 15.3. The summed E-state index contributed by atoms with van der Waals surface area (Å²) in [6, 6.07) is 7.18. The smallest absolute Gasteiger partial charge is 0.417 e. The van der Waals surface area contributed by atoms with Crippen molar-refractivity contribution in [3.63, 3.8) is 0 Å². The first kappa shape index (κ1) is 39.1. The fourth-order valence-electron chi connectivity index (χ4n) is 4.05. The minimum absolute atomic E-state index is 0.0977. The first-order valence-corrected chi connectivity index (χ1v) is 17.4. The summed E-state index contributed by atoms with van der Waals surface area (Å²) in [5.74, 6) is -4.81. The molecule has 0 aliphatic rings. The molecule has 0 heterocycles. The van der Waals surface area contributed by atoms with E-state index >= 15 is 4.39 Å². The van der Waals surface area contributed by atoms with Crippen LogP contribution in [-0.2, 0) is 14.3 Å². The van der Waals surface area contributed by atoms with Crippen molar-refractivity contribution in [2.45, 2.75) is 109 Å². The zero-order chi connectivity index (χ0) is 35.0. The maximum Gasteiger partial charge on any atom is 0.417 e. The standard InChI is InChI=1S/C34H46F2N2O6S2/c1-11-20(3)19-38(32(42)44-34(8,9)10)30(40)26-23(36)17-18-25(46-45-24-16-14-13-15-22(24)35)27(26)29(39)37-28(21(4)12-2)31(41)43-33(5,6)7/h13-18,20-21,28H,11-12,19H2,1-10H3,(H,37,39). The highest BCUT2D eigenvalue weighted by molar-refractivity contribution is 8.76. The van der Waals surface area contributed by atoms with Crippen LogP contribution < -0.4 is 5.32 Å². The number of imide groups is 1. The lowest BCUT2D eigenvalue weighted by atomic mass is 9.97. The second-order valence-corrected chi connectivity index (χ2v) is 15.4. The average molecular weight is 681 g/mol. The second kappa shape index (κ2) is 16.6. The maximum absolute atomic E-state index is 15.8. The summed E-state index contributed by atoms with van der Waals surface area (Å²) in [5.41, 5.74) is -2.88. The number of rotatable bonds is 12. The van der Waals surface area contributed by atoms with Crippen LogP contribution in [0, 0.1) is 23.5 Å². The van der Waals surface area contributed by atoms with Crippen molar-refractivity contribution in [2.75, 3.05) is 6.54 Å². The van der Waals surface area contributed by atoms with E-state index in [9.17, 15) is 23.6 Å². The minimum Gasteiger partial charge on any atom is -0.458 e. The number of hydrogen-bond donors (Lipinski definition) is 1. The van der Waals surface area contributed by atoms with Gasteiger partial charge in [0, 0.05) is 11.4 Å². The van der Waals surface area contributed by atoms with Crippen molar-refractivity contribution in [2.24, 2.45) is 11.8 Å². The maximum atomic E-state index is 15.8. The number of hydrogen-bond acceptors (Lipinski definition) is 8. The molecular weight excluding hydrogens is 635 g/mol. The molecule has 254 valence electrons. The van der Waals surface area contributed by atoms with Gasteiger partial charge in [-0.25, -0.2) is 23.3 Å². The predicted octanol–water partition coefficient (Wildman–Crippen LogP) is 8.67. The van der Waals surface area contributed by atoms with Crippen molar-refractivity contribution in [3.05, 3.63) is 59.2 Å². The van der Waals surface area contributed by atoms with Gasteiger partial charge < -0.3 is 14.8 Å². The third-order valence-electron chi connectivity index (χ3n) is 6.83. The van der Waals surface area contributed by atoms with Gasteiger partial charge in [-0.15, -0.1) is 0 Å². The molecule has 0 fully saturated rings. The number of carbonyl (C=O) groups is 4. The van der Waals surface area contributed by atoms with E-state index < -0.39 is 63.9 Å². The molecule has 0 radical (unpaired) electrons. The van der Waals surface area contributed by atoms with Crippen LogP contribution in [0.5, 0.6) is 0 Å². The molecule has 3 atom stereocenters. The summed E-state index contributed by atoms with van der Waals surface area (Å²) >= 11 is 0. The van der Waals surface area contributed by atoms with E-state index in [-0.39, 0.29) is 28.2 Å². The van der Waals surface area contributed by atoms with Gasteiger partial charge in [0.2, 0.25) is 0 Å². The van der Waals surface area contributed by atoms with Gasteiger partial charge in [-0.05, 0) is 88.4 Å². The molecule has 0 spiro atoms. The zero-order valence-corrected chi connectivity index (χ0v) is 29.9. The van der Waals surface area contributed by atoms with E-state index in [0.717, 1.165) is 32.6 Å². The van der Waals surface area contributed by atoms with Gasteiger partial charge in [-0.1, -0.05) is 63.5 Å². The fourth-order valence-corrected chi connectivity index (χ4v) is 6.27. The van der Waals surface area contributed by atoms with Crippen molar-refractivity contribution >= 4 is 45.5 Å². The van der Waals surface area contributed by atoms with Crippen LogP contribution in [0.1, 0.15) is 103 Å². The lowest BCUT2D eigenvalue weighted by molar-refractivity contribution is -0.158. The van der Waals surface area contributed by atoms with Crippen molar-refractivity contribution in [1.29, 1.82) is 0 Å². The molecule has 3 unspecified atom stereocenters. The molecule has 2 rings (SSSR count). The lowest BCUT2D eigenvalue weighted by Gasteiger charge is -2.29. The van der Waals surface area contributed by atoms with E-state index in [0.29, 0.717) is 12.8 Å². The largest absolute Gasteiger partial charge is 0.458 e. The van der Waals surface area contributed by atoms with E-state index in [1.54, 1.807) is 60.6 Å². The normalized spacial score (nSPS) is 13.7. The highest BCUT2D eigenvalue weighted by Crippen LogP contribution is 2.41. The molecule has 12 heteroatoms. The second-order valence-electron chi connectivity index (χ2n) is 13.2. The molecule has 2 aromatic rings. The summed E-state index contributed by atoms with van der Waals surface area (Å²) < 4.78 is 41.4. The van der Waals surface area contributed by atoms with Crippen LogP contribution in [0.4, 0.5) is 13.6 Å². The molecule has 8 nitrogen and oxygen atoms in total. The summed E-state index contributed by atoms with van der Waals surface area (Å²) in [6.07, 6.45) is 0.100. The van der Waals surface area contributed by atoms with Gasteiger partial charge in [-0.3, -0.25) is 9.59 Å². The lowest BCUT2D eigenvalue weighted by Crippen LogP contribution is -2.49. The number of nitrogens with one attached hydrogen (secondary N) is 1. The average Bonchev–Trinajstić information content (AvgIpc) is 2.95. The van der Waals surface area contributed by atoms with Gasteiger partial charge in [0.15, 0.2) is 0 Å². The number of amides is 3. The summed E-state index contributed by atoms with van der Waals surface area (Å²) in [4.78, 5) is 56.1. The van der Waals surface area contributed by atoms with Crippen LogP contribution in [0.2, 0.25) is 0 Å². The molecule has 0 bridgehead atoms. The highest BCUT2D eigenvalue weighted by Gasteiger charge is 2.37. The number of ether oxygens (including phenoxy) is 2. The third kappa shape index (κ3) is 11.3. The van der Waals surface area contributed by atoms with Gasteiger partial charge in [0.05, 0.1) is 16.0 Å². The third-order valence-corrected chi connectivity index (χ3v) is 9.27. The number of nitrogens with zero attached hydrogens (tertiary/aromatic N) is 1. The van der Waals surface area contributed by atoms with Gasteiger partial charge in [0.25, 0.3) is 11.8 Å². The van der Waals surface area contributed by atoms with E-state index in [1.807, 2.05) is 20.8 Å². The Bertz CT molecular complexity index is 1410. The molecular formula is C34H46F2N2O6S2. The van der Waals surface area contributed by atoms with E-state index in [2.05, 4.69) is 5.32 Å². The van der Waals surface area contributed by atoms with Crippen LogP contribution in [-0.4, -0.2) is 52.6 Å². The monoisotopic (exact) mass is 680 g/mol. The number of esters is 1. The Morgan fingerprint density at radius 3 is 1.93 bits per heavy atom. The summed E-state index contributed by atoms with van der Waals surface area (Å²) in [7, 11) is 1.91. The van der Waals surface area contributed by atoms with Gasteiger partial charge in [-0.2, -0.15) is 0 Å². The SMILES string of the molecule is CCC(C)CN(C(=O)OC(C)(C)C)C(=O)c1c(F)ccc(SSc2ccccc2F)c1C(=O)NC(C(=O)OC(C)(C)C)C(C)CC. The van der Waals surface area contributed by atoms with Crippen molar-refractivity contribution in [3.8, 4) is 0 Å². The molecule has 3 amide bonds. The molecule has 0 aliphatic carbocycles. The topological polar surface area (TPSA) is 102 Å². The minimum atomic E-state index is -1.14. The first-order chi connectivity index (χ1) is 21.3. The van der Waals surface area contributed by atoms with Crippen LogP contribution in [0.15, 0.2) is 46.2 Å². The Labute approximate surface area is 279 Å². The number of halogens is 2. The van der Waals surface area contributed by atoms with Crippen molar-refractivity contribution in [1.82, 2.24) is 10.2 Å². The van der Waals surface area contributed by atoms with Crippen LogP contribution in [0.3, 0.4) is 0 Å². The van der Waals surface area contributed by atoms with E-state index in [1.165, 1.54) is 18.2 Å². The van der Waals surface area contributed by atoms with Crippen LogP contribution >= 0.6 is 21.6 Å². The molecule has 0 aromatic heterocycles. The predicted molar refractivity (Wildman–Crippen MR) is 178 cm³/mol. The summed E-state index contributed by atoms with van der Waals surface area (Å²) in [6.45, 7) is 17.2. The number of benzene rings is 2. The van der Waals surface area contributed by atoms with Crippen molar-refractivity contribution < 1.29 is 37.4 Å². The Kier molecular flexibility index (Phi) is 14.1. The quantitative estimate of drug-likeness (QED) is 0.176. The molecule has 1 N–H and O–H groups in total. The fraction of sp³-hybridized carbons (Fsp3) is 0.529. The zero-order valence-electron chi connectivity index (χ0n) is 28.3. The molecule has 0 aliphatic heterocycles. The molecule has 0 saturated carbocycles. The molecule has 0 saturated heterocycles. The van der Waals surface area contributed by atoms with E-state index in [4.69, 9.17) is 9.47 Å². The van der Waals surface area contributed by atoms with Gasteiger partial charge in [0.1, 0.15) is 28.9 Å². The van der Waals surface area contributed by atoms with Gasteiger partial charge >= 0.3 is 12.1 Å². The Hall–Kier alpha value is -3.12. The number of carbonyl (C=O) groups excluding carboxylic acids is 4. The summed E-state index contributed by atoms with van der Waals surface area (Å²) in [5, 5.41) is 2.67. The Morgan fingerprint density at radius 2 is 1.39 bits per heavy atom. The Morgan fingerprint density at radius 1 is 0.804 bits per heavy atom. The molecule has 2 aromatic carbocycles. The molecule has 46 heavy (non-hydrogen) atoms.